The fraction of sp³-hybridized carbons (Fsp3) is 0.615. The molecule has 5 nitrogen and oxygen atoms in total. The second kappa shape index (κ2) is 7.47. The number of carbonyl (C=O) groups excluding carboxylic acids is 2. The molecule has 31 heavy (non-hydrogen) atoms. The Bertz CT molecular complexity index is 940. The van der Waals surface area contributed by atoms with Crippen LogP contribution < -0.4 is 0 Å². The van der Waals surface area contributed by atoms with E-state index in [9.17, 15) is 9.59 Å². The Morgan fingerprint density at radius 1 is 1.13 bits per heavy atom. The number of fused-ring (bicyclic) bond motifs is 7. The summed E-state index contributed by atoms with van der Waals surface area (Å²) in [7, 11) is 0. The van der Waals surface area contributed by atoms with E-state index in [1.165, 1.54) is 37.8 Å². The van der Waals surface area contributed by atoms with Crippen molar-refractivity contribution < 1.29 is 9.59 Å². The van der Waals surface area contributed by atoms with Crippen LogP contribution in [-0.4, -0.2) is 64.3 Å². The molecule has 0 spiro atoms. The summed E-state index contributed by atoms with van der Waals surface area (Å²) in [6.07, 6.45) is 9.98. The second-order valence-corrected chi connectivity index (χ2v) is 10.3. The predicted octanol–water partition coefficient (Wildman–Crippen LogP) is 3.45. The van der Waals surface area contributed by atoms with E-state index in [0.29, 0.717) is 18.4 Å². The summed E-state index contributed by atoms with van der Waals surface area (Å²) in [5, 5.41) is 0. The van der Waals surface area contributed by atoms with Gasteiger partial charge >= 0.3 is 0 Å². The van der Waals surface area contributed by atoms with E-state index >= 15 is 0 Å². The first-order valence-electron chi connectivity index (χ1n) is 12.3. The maximum atomic E-state index is 13.8. The molecule has 5 atom stereocenters. The normalized spacial score (nSPS) is 33.3. The summed E-state index contributed by atoms with van der Waals surface area (Å²) in [6, 6.07) is 8.32. The van der Waals surface area contributed by atoms with E-state index in [1.807, 2.05) is 31.2 Å². The lowest BCUT2D eigenvalue weighted by Gasteiger charge is -2.55. The molecule has 5 aliphatic rings. The molecular weight excluding hydrogens is 386 g/mol. The molecule has 4 heterocycles. The first-order chi connectivity index (χ1) is 15.1. The fourth-order valence-electron chi connectivity index (χ4n) is 7.18. The van der Waals surface area contributed by atoms with Crippen LogP contribution in [0.2, 0.25) is 0 Å². The minimum atomic E-state index is -0.414. The molecule has 1 aliphatic carbocycles. The van der Waals surface area contributed by atoms with Crippen molar-refractivity contribution in [2.75, 3.05) is 19.6 Å². The number of benzene rings is 1. The minimum absolute atomic E-state index is 0.00163. The Morgan fingerprint density at radius 2 is 2.00 bits per heavy atom. The number of amides is 2. The molecule has 0 N–H and O–H groups in total. The van der Waals surface area contributed by atoms with Crippen molar-refractivity contribution in [3.8, 4) is 0 Å². The Hall–Kier alpha value is -2.14. The van der Waals surface area contributed by atoms with Crippen molar-refractivity contribution in [1.29, 1.82) is 0 Å². The second-order valence-electron chi connectivity index (χ2n) is 10.3. The van der Waals surface area contributed by atoms with Gasteiger partial charge in [-0.15, -0.1) is 0 Å². The first kappa shape index (κ1) is 19.5. The van der Waals surface area contributed by atoms with Crippen LogP contribution in [0.15, 0.2) is 35.9 Å². The van der Waals surface area contributed by atoms with Gasteiger partial charge in [-0.25, -0.2) is 0 Å². The largest absolute Gasteiger partial charge is 0.334 e. The Labute approximate surface area is 185 Å². The van der Waals surface area contributed by atoms with Gasteiger partial charge in [0.15, 0.2) is 0 Å². The quantitative estimate of drug-likeness (QED) is 0.690. The molecule has 164 valence electrons. The van der Waals surface area contributed by atoms with Crippen molar-refractivity contribution in [2.24, 2.45) is 11.8 Å². The third kappa shape index (κ3) is 3.07. The average Bonchev–Trinajstić information content (AvgIpc) is 3.14. The molecule has 4 aliphatic heterocycles. The zero-order chi connectivity index (χ0) is 21.1. The lowest BCUT2D eigenvalue weighted by molar-refractivity contribution is -0.140. The van der Waals surface area contributed by atoms with Gasteiger partial charge < -0.3 is 9.80 Å². The zero-order valence-corrected chi connectivity index (χ0v) is 18.5. The zero-order valence-electron chi connectivity index (χ0n) is 18.5. The van der Waals surface area contributed by atoms with Crippen LogP contribution in [0.5, 0.6) is 0 Å². The van der Waals surface area contributed by atoms with Crippen LogP contribution in [0.1, 0.15) is 61.4 Å². The molecule has 0 aromatic heterocycles. The van der Waals surface area contributed by atoms with Crippen molar-refractivity contribution in [3.63, 3.8) is 0 Å². The first-order valence-corrected chi connectivity index (χ1v) is 12.3. The molecule has 1 aromatic carbocycles. The van der Waals surface area contributed by atoms with E-state index in [-0.39, 0.29) is 17.9 Å². The van der Waals surface area contributed by atoms with Crippen molar-refractivity contribution in [2.45, 2.75) is 70.1 Å². The molecule has 2 amide bonds. The number of rotatable bonds is 2. The Kier molecular flexibility index (Phi) is 4.71. The van der Waals surface area contributed by atoms with E-state index in [0.717, 1.165) is 43.1 Å². The third-order valence-corrected chi connectivity index (χ3v) is 8.61. The Balaban J connectivity index is 1.25. The van der Waals surface area contributed by atoms with Gasteiger partial charge in [0.2, 0.25) is 5.91 Å². The fourth-order valence-corrected chi connectivity index (χ4v) is 7.18. The summed E-state index contributed by atoms with van der Waals surface area (Å²) >= 11 is 0. The van der Waals surface area contributed by atoms with Crippen LogP contribution in [-0.2, 0) is 11.3 Å². The van der Waals surface area contributed by atoms with Crippen molar-refractivity contribution >= 4 is 11.8 Å². The van der Waals surface area contributed by atoms with Gasteiger partial charge in [0.05, 0.1) is 6.04 Å². The molecule has 0 saturated carbocycles. The topological polar surface area (TPSA) is 43.9 Å². The predicted molar refractivity (Wildman–Crippen MR) is 119 cm³/mol. The van der Waals surface area contributed by atoms with Gasteiger partial charge in [-0.2, -0.15) is 0 Å². The standard InChI is InChI=1S/C26H33N3O2/c1-17(29-16-19-7-2-3-9-22(19)26(29)31)25(30)28-12-6-8-18-13-20-14-21(24(18)28)15-27-11-5-4-10-23(20)27/h2-3,7,9,13,17,20-21,23-24H,4-6,8,10-12,14-16H2,1H3/t17-,20-,21-,23+,24+/m0/s1. The highest BCUT2D eigenvalue weighted by Crippen LogP contribution is 2.45. The van der Waals surface area contributed by atoms with Crippen molar-refractivity contribution in [3.05, 3.63) is 47.0 Å². The highest BCUT2D eigenvalue weighted by molar-refractivity contribution is 6.01. The van der Waals surface area contributed by atoms with E-state index in [1.54, 1.807) is 4.90 Å². The lowest BCUT2D eigenvalue weighted by Crippen LogP contribution is -2.61. The monoisotopic (exact) mass is 419 g/mol. The smallest absolute Gasteiger partial charge is 0.255 e. The molecular formula is C26H33N3O2. The third-order valence-electron chi connectivity index (χ3n) is 8.61. The van der Waals surface area contributed by atoms with Gasteiger partial charge in [0.25, 0.3) is 5.91 Å². The number of hydrogen-bond donors (Lipinski definition) is 0. The van der Waals surface area contributed by atoms with Crippen LogP contribution in [0, 0.1) is 11.8 Å². The number of hydrogen-bond acceptors (Lipinski definition) is 3. The number of piperidine rings is 3. The number of nitrogens with zero attached hydrogens (tertiary/aromatic N) is 3. The molecule has 5 heteroatoms. The molecule has 6 rings (SSSR count). The summed E-state index contributed by atoms with van der Waals surface area (Å²) in [4.78, 5) is 33.4. The van der Waals surface area contributed by atoms with Crippen LogP contribution in [0.4, 0.5) is 0 Å². The number of carbonyl (C=O) groups is 2. The summed E-state index contributed by atoms with van der Waals surface area (Å²) in [5.41, 5.74) is 3.30. The minimum Gasteiger partial charge on any atom is -0.334 e. The lowest BCUT2D eigenvalue weighted by atomic mass is 9.68. The summed E-state index contributed by atoms with van der Waals surface area (Å²) < 4.78 is 0. The van der Waals surface area contributed by atoms with Gasteiger partial charge in [-0.3, -0.25) is 14.5 Å². The van der Waals surface area contributed by atoms with E-state index in [4.69, 9.17) is 0 Å². The molecule has 0 unspecified atom stereocenters. The highest BCUT2D eigenvalue weighted by atomic mass is 16.2. The summed E-state index contributed by atoms with van der Waals surface area (Å²) in [5.74, 6) is 1.35. The van der Waals surface area contributed by atoms with Gasteiger partial charge in [-0.1, -0.05) is 36.3 Å². The maximum absolute atomic E-state index is 13.8. The van der Waals surface area contributed by atoms with Gasteiger partial charge in [0.1, 0.15) is 6.04 Å². The maximum Gasteiger partial charge on any atom is 0.255 e. The molecule has 3 saturated heterocycles. The molecule has 1 aromatic rings. The number of likely N-dealkylation sites (tertiary alicyclic amines) is 1. The highest BCUT2D eigenvalue weighted by Gasteiger charge is 2.48. The van der Waals surface area contributed by atoms with Crippen LogP contribution >= 0.6 is 0 Å². The SMILES string of the molecule is C[C@@H](C(=O)N1CCCC2=C[C@H]3C[C@@H](CN4CCCC[C@H]34)[C@@H]21)N1Cc2ccccc2C1=O. The molecule has 3 fully saturated rings. The molecule has 0 radical (unpaired) electrons. The average molecular weight is 420 g/mol. The van der Waals surface area contributed by atoms with E-state index in [2.05, 4.69) is 15.9 Å². The Morgan fingerprint density at radius 3 is 2.87 bits per heavy atom. The van der Waals surface area contributed by atoms with Crippen LogP contribution in [0.3, 0.4) is 0 Å². The van der Waals surface area contributed by atoms with E-state index < -0.39 is 6.04 Å². The van der Waals surface area contributed by atoms with Crippen LogP contribution in [0.25, 0.3) is 0 Å². The van der Waals surface area contributed by atoms with Crippen molar-refractivity contribution in [1.82, 2.24) is 14.7 Å². The summed E-state index contributed by atoms with van der Waals surface area (Å²) in [6.45, 7) is 5.65. The van der Waals surface area contributed by atoms with Gasteiger partial charge in [0, 0.05) is 31.2 Å². The van der Waals surface area contributed by atoms with Gasteiger partial charge in [-0.05, 0) is 69.0 Å². The molecule has 2 bridgehead atoms.